The van der Waals surface area contributed by atoms with Crippen molar-refractivity contribution in [3.63, 3.8) is 0 Å². The normalized spacial score (nSPS) is 15.5. The van der Waals surface area contributed by atoms with Gasteiger partial charge in [0.15, 0.2) is 13.2 Å². The Kier molecular flexibility index (Phi) is 18.0. The maximum atomic E-state index is 16.6. The van der Waals surface area contributed by atoms with Crippen molar-refractivity contribution in [1.29, 1.82) is 0 Å². The summed E-state index contributed by atoms with van der Waals surface area (Å²) in [6.45, 7) is 49.5. The molecule has 0 saturated heterocycles. The molecule has 2 heterocycles. The smallest absolute Gasteiger partial charge is 0.237 e. The van der Waals surface area contributed by atoms with E-state index >= 15 is 8.78 Å². The first-order chi connectivity index (χ1) is 44.5. The van der Waals surface area contributed by atoms with Gasteiger partial charge in [0, 0.05) is 55.6 Å². The highest BCUT2D eigenvalue weighted by molar-refractivity contribution is 6.13. The van der Waals surface area contributed by atoms with Crippen molar-refractivity contribution in [2.45, 2.75) is 213 Å². The Morgan fingerprint density at radius 3 is 1.27 bits per heavy atom. The number of benzene rings is 8. The molecule has 8 aromatic carbocycles. The van der Waals surface area contributed by atoms with Crippen LogP contribution in [0.15, 0.2) is 109 Å². The number of nitrogens with zero attached hydrogens (tertiary/aromatic N) is 2. The van der Waals surface area contributed by atoms with Crippen molar-refractivity contribution in [2.24, 2.45) is 22.7 Å². The van der Waals surface area contributed by atoms with Gasteiger partial charge in [0.05, 0.1) is 44.6 Å². The minimum atomic E-state index is -0.404. The van der Waals surface area contributed by atoms with E-state index in [2.05, 4.69) is 241 Å². The molecule has 2 N–H and O–H groups in total. The minimum absolute atomic E-state index is 0.0334. The largest absolute Gasteiger partial charge is 0.711 e. The van der Waals surface area contributed by atoms with Crippen LogP contribution in [0.3, 0.4) is 0 Å². The molecule has 0 aliphatic heterocycles. The van der Waals surface area contributed by atoms with Crippen molar-refractivity contribution in [3.05, 3.63) is 191 Å². The van der Waals surface area contributed by atoms with Crippen LogP contribution in [0.2, 0.25) is 0 Å². The van der Waals surface area contributed by atoms with E-state index in [0.717, 1.165) is 116 Å². The van der Waals surface area contributed by atoms with Gasteiger partial charge >= 0.3 is 0 Å². The molecule has 2 atom stereocenters. The van der Waals surface area contributed by atoms with Crippen molar-refractivity contribution in [3.8, 4) is 56.6 Å². The van der Waals surface area contributed by atoms with Gasteiger partial charge in [-0.2, -0.15) is 0 Å². The average Bonchev–Trinajstić information content (AvgIpc) is 1.53. The summed E-state index contributed by atoms with van der Waals surface area (Å²) in [5, 5.41) is 31.3. The van der Waals surface area contributed by atoms with Crippen molar-refractivity contribution in [2.75, 3.05) is 13.2 Å². The first kappa shape index (κ1) is 69.8. The number of rotatable bonds is 14. The van der Waals surface area contributed by atoms with Crippen LogP contribution < -0.4 is 0 Å². The van der Waals surface area contributed by atoms with Gasteiger partial charge in [0.25, 0.3) is 0 Å². The molecule has 0 amide bonds. The van der Waals surface area contributed by atoms with E-state index in [-0.39, 0.29) is 55.8 Å². The van der Waals surface area contributed by atoms with Gasteiger partial charge in [0.2, 0.25) is 11.5 Å². The van der Waals surface area contributed by atoms with Gasteiger partial charge in [-0.05, 0) is 225 Å². The molecule has 0 radical (unpaired) electrons. The monoisotopic (exact) mass is 1290 g/mol. The Hall–Kier alpha value is -7.58. The molecule has 1 aliphatic carbocycles. The Balaban J connectivity index is 1.03. The lowest BCUT2D eigenvalue weighted by molar-refractivity contribution is -0.0612. The summed E-state index contributed by atoms with van der Waals surface area (Å²) in [4.78, 5) is 0. The number of fused-ring (bicyclic) bond motifs is 6. The summed E-state index contributed by atoms with van der Waals surface area (Å²) in [6, 6.07) is 37.2. The summed E-state index contributed by atoms with van der Waals surface area (Å²) in [6.07, 6.45) is 5.54. The Bertz CT molecular complexity index is 4620. The zero-order valence-corrected chi connectivity index (χ0v) is 62.0. The fourth-order valence-corrected chi connectivity index (χ4v) is 17.0. The summed E-state index contributed by atoms with van der Waals surface area (Å²) >= 11 is 0. The second-order valence-electron chi connectivity index (χ2n) is 34.9. The molecule has 1 saturated carbocycles. The van der Waals surface area contributed by atoms with E-state index in [9.17, 15) is 10.2 Å². The molecule has 6 nitrogen and oxygen atoms in total. The van der Waals surface area contributed by atoms with Crippen molar-refractivity contribution >= 4 is 43.6 Å². The second-order valence-corrected chi connectivity index (χ2v) is 34.9. The predicted molar refractivity (Wildman–Crippen MR) is 403 cm³/mol. The molecule has 1 fully saturated rings. The van der Waals surface area contributed by atoms with Crippen LogP contribution in [-0.2, 0) is 30.4 Å². The van der Waals surface area contributed by atoms with E-state index in [1.165, 1.54) is 11.1 Å². The maximum absolute atomic E-state index is 16.6. The lowest BCUT2D eigenvalue weighted by Crippen LogP contribution is -2.31. The summed E-state index contributed by atoms with van der Waals surface area (Å²) < 4.78 is 44.2. The van der Waals surface area contributed by atoms with E-state index in [4.69, 9.17) is 14.2 Å². The highest BCUT2D eigenvalue weighted by Crippen LogP contribution is 2.54. The van der Waals surface area contributed by atoms with Crippen LogP contribution in [0.5, 0.6) is 23.0 Å². The molecule has 0 bridgehead atoms. The molecule has 8 heteroatoms. The van der Waals surface area contributed by atoms with Gasteiger partial charge < -0.3 is 28.1 Å². The summed E-state index contributed by atoms with van der Waals surface area (Å²) in [7, 11) is 9.54. The molecule has 2 aromatic heterocycles. The van der Waals surface area contributed by atoms with E-state index < -0.39 is 11.6 Å². The Morgan fingerprint density at radius 1 is 0.438 bits per heavy atom. The van der Waals surface area contributed by atoms with Crippen molar-refractivity contribution < 1.29 is 27.7 Å². The van der Waals surface area contributed by atoms with Gasteiger partial charge in [-0.15, -0.1) is 0 Å². The van der Waals surface area contributed by atoms with E-state index in [1.54, 1.807) is 24.3 Å². The first-order valence-corrected chi connectivity index (χ1v) is 35.0. The lowest BCUT2D eigenvalue weighted by atomic mass is 9.71. The number of hydrogen-bond acceptors (Lipinski definition) is 2. The molecule has 96 heavy (non-hydrogen) atoms. The molecular weight excluding hydrogens is 1190 g/mol. The molecule has 1 aliphatic rings. The van der Waals surface area contributed by atoms with Crippen LogP contribution >= 0.6 is 0 Å². The molecule has 0 spiro atoms. The van der Waals surface area contributed by atoms with Crippen LogP contribution in [0.4, 0.5) is 8.78 Å². The quantitative estimate of drug-likeness (QED) is 0.0842. The fourth-order valence-electron chi connectivity index (χ4n) is 17.0. The third-order valence-electron chi connectivity index (χ3n) is 21.1. The van der Waals surface area contributed by atoms with E-state index in [0.29, 0.717) is 69.5 Å². The molecule has 10 aromatic rings. The Labute approximate surface area is 573 Å². The number of aromatic hydroxyl groups is 2. The first-order valence-electron chi connectivity index (χ1n) is 35.0. The predicted octanol–water partition coefficient (Wildman–Crippen LogP) is 25.4. The molecule has 508 valence electrons. The number of phenols is 2. The molecule has 2 unspecified atom stereocenters. The number of aromatic nitrogens is 2. The van der Waals surface area contributed by atoms with Gasteiger partial charge in [0.1, 0.15) is 23.1 Å². The molecule has 11 rings (SSSR count). The average molecular weight is 1300 g/mol. The summed E-state index contributed by atoms with van der Waals surface area (Å²) in [5.74, 6) is 0.818. The third kappa shape index (κ3) is 13.2. The van der Waals surface area contributed by atoms with Gasteiger partial charge in [-0.1, -0.05) is 166 Å². The second kappa shape index (κ2) is 24.7. The number of halogens is 2. The summed E-state index contributed by atoms with van der Waals surface area (Å²) in [5.41, 5.74) is 16.7. The topological polar surface area (TPSA) is 55.7 Å². The SMILES string of the molecule is [CH2-][O+](CC1CCCCC1C[O+]([CH2-])c1c(C)cc(F)cc1-c1cc(C(C)(C)CC(C)(C)C)cc(-n2c3cc(C)cc(C)c3c3ccc(C)c(C)c32)c1O)c1c(C)cc(F)cc1-c1cc(C(C)(C)CC(C)(C)C)cc(-n2c3cc(C(C)(C)C)ccc3c3ccc(C(C)(C)C)cc32)c1O. The van der Waals surface area contributed by atoms with Crippen LogP contribution in [-0.4, -0.2) is 32.6 Å². The van der Waals surface area contributed by atoms with Crippen LogP contribution in [0.25, 0.3) is 77.2 Å². The number of hydrogen-bond donors (Lipinski definition) is 2. The number of aryl methyl sites for hydroxylation is 6. The zero-order valence-electron chi connectivity index (χ0n) is 62.0. The lowest BCUT2D eigenvalue weighted by Gasteiger charge is -2.41. The van der Waals surface area contributed by atoms with Crippen LogP contribution in [0.1, 0.15) is 205 Å². The third-order valence-corrected chi connectivity index (χ3v) is 21.1. The zero-order chi connectivity index (χ0) is 70.2. The van der Waals surface area contributed by atoms with Crippen LogP contribution in [0, 0.1) is 90.1 Å². The fraction of sp³-hybridized carbons (Fsp3) is 0.432. The van der Waals surface area contributed by atoms with E-state index in [1.807, 2.05) is 13.8 Å². The number of phenolic OH excluding ortho intramolecular Hbond substituents is 2. The van der Waals surface area contributed by atoms with Gasteiger partial charge in [-0.3, -0.25) is 0 Å². The minimum Gasteiger partial charge on any atom is -0.711 e. The van der Waals surface area contributed by atoms with Crippen molar-refractivity contribution in [1.82, 2.24) is 9.13 Å². The highest BCUT2D eigenvalue weighted by atomic mass is 19.1. The molecular formula is C88H108F2N2O4. The standard InChI is InChI=1S/C88H108F2N2O4/c1-51-35-53(3)77-67-32-29-52(2)56(6)78(67)92(74(77)36-51)76-44-62(88(21,22)50-84(10,11)12)40-69(80(76)94)71-46-64(90)38-55(5)82(71)96(24)48-58-28-26-25-27-57(58)47-95(23)81-54(4)37-63(89)45-70(81)68-39-61(87(19,20)49-83(7,8)9)43-75(79(68)93)91-72-41-59(85(13,14)15)30-33-65(72)66-34-31-60(42-73(66)91)86(16,17)18/h29-46,57-58,93-94H,23-28,47-50H2,1-22H3. The van der Waals surface area contributed by atoms with Gasteiger partial charge in [-0.25, -0.2) is 8.78 Å². The highest BCUT2D eigenvalue weighted by Gasteiger charge is 2.38. The Morgan fingerprint density at radius 2 is 0.854 bits per heavy atom. The maximum Gasteiger partial charge on any atom is 0.237 e.